The van der Waals surface area contributed by atoms with Gasteiger partial charge in [-0.05, 0) is 69.5 Å². The number of likely N-dealkylation sites (tertiary alicyclic amines) is 1. The highest BCUT2D eigenvalue weighted by Crippen LogP contribution is 2.33. The Hall–Kier alpha value is -3.48. The number of nitrogens with zero attached hydrogens (tertiary/aromatic N) is 4. The zero-order valence-corrected chi connectivity index (χ0v) is 19.1. The summed E-state index contributed by atoms with van der Waals surface area (Å²) in [5.41, 5.74) is 5.44. The third-order valence-corrected chi connectivity index (χ3v) is 5.62. The van der Waals surface area contributed by atoms with Crippen LogP contribution in [-0.4, -0.2) is 39.4 Å². The monoisotopic (exact) mass is 431 g/mol. The zero-order chi connectivity index (χ0) is 22.7. The van der Waals surface area contributed by atoms with Gasteiger partial charge < -0.3 is 15.0 Å². The molecule has 1 saturated heterocycles. The van der Waals surface area contributed by atoms with Crippen molar-refractivity contribution in [3.63, 3.8) is 0 Å². The highest BCUT2D eigenvalue weighted by atomic mass is 16.5. The first kappa shape index (κ1) is 21.7. The summed E-state index contributed by atoms with van der Waals surface area (Å²) in [6.07, 6.45) is 2.22. The van der Waals surface area contributed by atoms with Crippen LogP contribution in [0.5, 0.6) is 5.75 Å². The molecule has 0 bridgehead atoms. The van der Waals surface area contributed by atoms with Crippen LogP contribution in [-0.2, 0) is 11.2 Å². The number of ether oxygens (including phenoxy) is 1. The second-order valence-corrected chi connectivity index (χ2v) is 8.29. The van der Waals surface area contributed by atoms with Gasteiger partial charge in [0.2, 0.25) is 11.9 Å². The molecule has 2 aromatic heterocycles. The molecule has 7 heteroatoms. The summed E-state index contributed by atoms with van der Waals surface area (Å²) in [6.45, 7) is 6.61. The van der Waals surface area contributed by atoms with Gasteiger partial charge >= 0.3 is 0 Å². The van der Waals surface area contributed by atoms with Gasteiger partial charge in [0.05, 0.1) is 25.3 Å². The number of rotatable bonds is 6. The minimum atomic E-state index is -0.0336. The summed E-state index contributed by atoms with van der Waals surface area (Å²) in [6, 6.07) is 13.6. The van der Waals surface area contributed by atoms with Crippen LogP contribution in [0.2, 0.25) is 0 Å². The molecule has 1 aliphatic rings. The number of methoxy groups -OCH3 is 1. The van der Waals surface area contributed by atoms with Gasteiger partial charge in [-0.3, -0.25) is 9.78 Å². The van der Waals surface area contributed by atoms with E-state index in [1.807, 2.05) is 68.1 Å². The number of nitrogens with one attached hydrogen (secondary N) is 1. The van der Waals surface area contributed by atoms with Crippen molar-refractivity contribution >= 4 is 17.5 Å². The predicted octanol–water partition coefficient (Wildman–Crippen LogP) is 4.46. The van der Waals surface area contributed by atoms with E-state index >= 15 is 0 Å². The molecule has 1 aliphatic heterocycles. The van der Waals surface area contributed by atoms with Crippen molar-refractivity contribution in [3.05, 3.63) is 70.8 Å². The van der Waals surface area contributed by atoms with Gasteiger partial charge in [-0.25, -0.2) is 9.97 Å². The SMILES string of the molecule is COc1cccc(CC(=O)N2CCCC2c2cc(Nc3nc(C)cc(C)n3)cc(C)n2)c1. The molecular weight excluding hydrogens is 402 g/mol. The quantitative estimate of drug-likeness (QED) is 0.621. The number of carbonyl (C=O) groups is 1. The molecule has 1 N–H and O–H groups in total. The van der Waals surface area contributed by atoms with Crippen molar-refractivity contribution in [1.29, 1.82) is 0 Å². The van der Waals surface area contributed by atoms with E-state index in [0.717, 1.165) is 59.2 Å². The van der Waals surface area contributed by atoms with Gasteiger partial charge in [0, 0.05) is 29.3 Å². The van der Waals surface area contributed by atoms with Gasteiger partial charge in [0.1, 0.15) is 5.75 Å². The molecule has 1 fully saturated rings. The van der Waals surface area contributed by atoms with Crippen molar-refractivity contribution < 1.29 is 9.53 Å². The lowest BCUT2D eigenvalue weighted by Crippen LogP contribution is -2.32. The molecule has 3 aromatic rings. The second-order valence-electron chi connectivity index (χ2n) is 8.29. The van der Waals surface area contributed by atoms with E-state index in [4.69, 9.17) is 9.72 Å². The third kappa shape index (κ3) is 5.04. The fraction of sp³-hybridized carbons (Fsp3) is 0.360. The number of pyridine rings is 1. The van der Waals surface area contributed by atoms with Crippen molar-refractivity contribution in [2.75, 3.05) is 19.0 Å². The Balaban J connectivity index is 1.54. The first-order valence-electron chi connectivity index (χ1n) is 10.9. The van der Waals surface area contributed by atoms with Crippen LogP contribution in [0.1, 0.15) is 47.2 Å². The molecule has 0 aliphatic carbocycles. The van der Waals surface area contributed by atoms with Gasteiger partial charge in [0.15, 0.2) is 0 Å². The molecule has 0 spiro atoms. The van der Waals surface area contributed by atoms with E-state index in [9.17, 15) is 4.79 Å². The number of hydrogen-bond donors (Lipinski definition) is 1. The number of hydrogen-bond acceptors (Lipinski definition) is 6. The smallest absolute Gasteiger partial charge is 0.227 e. The number of aryl methyl sites for hydroxylation is 3. The summed E-state index contributed by atoms with van der Waals surface area (Å²) in [4.78, 5) is 28.8. The Morgan fingerprint density at radius 3 is 2.56 bits per heavy atom. The molecule has 7 nitrogen and oxygen atoms in total. The van der Waals surface area contributed by atoms with Gasteiger partial charge in [-0.2, -0.15) is 0 Å². The standard InChI is InChI=1S/C25H29N5O2/c1-16-11-17(2)28-25(27-16)29-20-12-18(3)26-22(15-20)23-9-6-10-30(23)24(31)14-19-7-5-8-21(13-19)32-4/h5,7-8,11-13,15,23H,6,9-10,14H2,1-4H3,(H,26,27,28,29). The average molecular weight is 432 g/mol. The van der Waals surface area contributed by atoms with Crippen LogP contribution in [0.3, 0.4) is 0 Å². The summed E-state index contributed by atoms with van der Waals surface area (Å²) in [5, 5.41) is 3.31. The van der Waals surface area contributed by atoms with E-state index < -0.39 is 0 Å². The van der Waals surface area contributed by atoms with E-state index in [2.05, 4.69) is 15.3 Å². The number of amides is 1. The van der Waals surface area contributed by atoms with Gasteiger partial charge in [0.25, 0.3) is 0 Å². The fourth-order valence-corrected chi connectivity index (χ4v) is 4.28. The van der Waals surface area contributed by atoms with E-state index in [-0.39, 0.29) is 11.9 Å². The van der Waals surface area contributed by atoms with Crippen LogP contribution in [0.15, 0.2) is 42.5 Å². The summed E-state index contributed by atoms with van der Waals surface area (Å²) in [5.74, 6) is 1.44. The zero-order valence-electron chi connectivity index (χ0n) is 19.1. The summed E-state index contributed by atoms with van der Waals surface area (Å²) in [7, 11) is 1.63. The number of aromatic nitrogens is 3. The van der Waals surface area contributed by atoms with E-state index in [1.54, 1.807) is 7.11 Å². The van der Waals surface area contributed by atoms with Crippen molar-refractivity contribution in [2.45, 2.75) is 46.1 Å². The minimum absolute atomic E-state index is 0.0336. The van der Waals surface area contributed by atoms with E-state index in [0.29, 0.717) is 12.4 Å². The molecule has 32 heavy (non-hydrogen) atoms. The minimum Gasteiger partial charge on any atom is -0.497 e. The van der Waals surface area contributed by atoms with Gasteiger partial charge in [-0.15, -0.1) is 0 Å². The van der Waals surface area contributed by atoms with Crippen molar-refractivity contribution in [3.8, 4) is 5.75 Å². The Bertz CT molecular complexity index is 1110. The van der Waals surface area contributed by atoms with Crippen LogP contribution in [0, 0.1) is 20.8 Å². The van der Waals surface area contributed by atoms with Crippen LogP contribution < -0.4 is 10.1 Å². The molecule has 1 unspecified atom stereocenters. The average Bonchev–Trinajstić information content (AvgIpc) is 3.23. The van der Waals surface area contributed by atoms with Crippen LogP contribution in [0.25, 0.3) is 0 Å². The largest absolute Gasteiger partial charge is 0.497 e. The van der Waals surface area contributed by atoms with Crippen molar-refractivity contribution in [2.24, 2.45) is 0 Å². The Kier molecular flexibility index (Phi) is 6.35. The molecule has 4 rings (SSSR count). The lowest BCUT2D eigenvalue weighted by Gasteiger charge is -2.25. The first-order chi connectivity index (χ1) is 15.4. The van der Waals surface area contributed by atoms with Crippen LogP contribution in [0.4, 0.5) is 11.6 Å². The van der Waals surface area contributed by atoms with Crippen molar-refractivity contribution in [1.82, 2.24) is 19.9 Å². The molecule has 0 radical (unpaired) electrons. The lowest BCUT2D eigenvalue weighted by atomic mass is 10.1. The Morgan fingerprint density at radius 2 is 1.81 bits per heavy atom. The molecule has 166 valence electrons. The summed E-state index contributed by atoms with van der Waals surface area (Å²) >= 11 is 0. The second kappa shape index (κ2) is 9.34. The highest BCUT2D eigenvalue weighted by Gasteiger charge is 2.31. The lowest BCUT2D eigenvalue weighted by molar-refractivity contribution is -0.131. The predicted molar refractivity (Wildman–Crippen MR) is 124 cm³/mol. The Morgan fingerprint density at radius 1 is 1.06 bits per heavy atom. The van der Waals surface area contributed by atoms with E-state index in [1.165, 1.54) is 0 Å². The highest BCUT2D eigenvalue weighted by molar-refractivity contribution is 5.79. The number of anilines is 2. The maximum Gasteiger partial charge on any atom is 0.227 e. The Labute approximate surface area is 188 Å². The molecule has 1 amide bonds. The normalized spacial score (nSPS) is 15.6. The number of carbonyl (C=O) groups excluding carboxylic acids is 1. The molecule has 1 atom stereocenters. The van der Waals surface area contributed by atoms with Crippen LogP contribution >= 0.6 is 0 Å². The van der Waals surface area contributed by atoms with Gasteiger partial charge in [-0.1, -0.05) is 12.1 Å². The topological polar surface area (TPSA) is 80.2 Å². The molecule has 3 heterocycles. The third-order valence-electron chi connectivity index (χ3n) is 5.62. The molecule has 1 aromatic carbocycles. The maximum atomic E-state index is 13.2. The maximum absolute atomic E-state index is 13.2. The number of benzene rings is 1. The first-order valence-corrected chi connectivity index (χ1v) is 10.9. The summed E-state index contributed by atoms with van der Waals surface area (Å²) < 4.78 is 5.29. The molecule has 0 saturated carbocycles. The molecular formula is C25H29N5O2. The fourth-order valence-electron chi connectivity index (χ4n) is 4.28.